The van der Waals surface area contributed by atoms with Crippen molar-refractivity contribution < 1.29 is 13.2 Å². The Balaban J connectivity index is 2.22. The fourth-order valence-corrected chi connectivity index (χ4v) is 3.63. The number of sulfonamides is 1. The summed E-state index contributed by atoms with van der Waals surface area (Å²) in [5.41, 5.74) is 1.07. The minimum atomic E-state index is -3.14. The Bertz CT molecular complexity index is 510. The van der Waals surface area contributed by atoms with E-state index in [1.807, 2.05) is 18.3 Å². The Hall–Kier alpha value is -0.850. The maximum absolute atomic E-state index is 12.1. The normalized spacial score (nSPS) is 21.1. The molecule has 1 aromatic heterocycles. The van der Waals surface area contributed by atoms with Crippen LogP contribution in [-0.2, 0) is 27.8 Å². The Labute approximate surface area is 115 Å². The molecule has 1 atom stereocenters. The molecule has 0 bridgehead atoms. The zero-order valence-electron chi connectivity index (χ0n) is 11.6. The van der Waals surface area contributed by atoms with Gasteiger partial charge in [0.1, 0.15) is 0 Å². The van der Waals surface area contributed by atoms with Crippen molar-refractivity contribution in [1.29, 1.82) is 0 Å². The summed E-state index contributed by atoms with van der Waals surface area (Å²) in [6.45, 7) is 4.29. The summed E-state index contributed by atoms with van der Waals surface area (Å²) in [5.74, 6) is 0.458. The Morgan fingerprint density at radius 2 is 2.21 bits per heavy atom. The maximum atomic E-state index is 12.1. The van der Waals surface area contributed by atoms with Crippen LogP contribution in [0.5, 0.6) is 0 Å². The number of methoxy groups -OCH3 is 1. The molecule has 0 aliphatic carbocycles. The van der Waals surface area contributed by atoms with Crippen molar-refractivity contribution in [2.45, 2.75) is 26.4 Å². The maximum Gasteiger partial charge on any atom is 0.214 e. The summed E-state index contributed by atoms with van der Waals surface area (Å²) < 4.78 is 33.2. The van der Waals surface area contributed by atoms with Gasteiger partial charge in [0.25, 0.3) is 0 Å². The van der Waals surface area contributed by atoms with Crippen molar-refractivity contribution in [2.75, 3.05) is 26.0 Å². The van der Waals surface area contributed by atoms with Crippen LogP contribution in [0.4, 0.5) is 0 Å². The number of ether oxygens (including phenoxy) is 1. The molecular weight excluding hydrogens is 264 g/mol. The lowest BCUT2D eigenvalue weighted by molar-refractivity contribution is 0.167. The van der Waals surface area contributed by atoms with E-state index in [0.29, 0.717) is 25.6 Å². The van der Waals surface area contributed by atoms with Gasteiger partial charge in [0.15, 0.2) is 0 Å². The van der Waals surface area contributed by atoms with E-state index < -0.39 is 10.0 Å². The summed E-state index contributed by atoms with van der Waals surface area (Å²) in [6, 6.07) is 3.97. The van der Waals surface area contributed by atoms with E-state index in [-0.39, 0.29) is 5.75 Å². The molecule has 0 spiro atoms. The third-order valence-electron chi connectivity index (χ3n) is 3.67. The van der Waals surface area contributed by atoms with E-state index in [9.17, 15) is 8.42 Å². The van der Waals surface area contributed by atoms with Gasteiger partial charge in [0.2, 0.25) is 10.0 Å². The molecule has 1 aliphatic rings. The first kappa shape index (κ1) is 14.6. The number of hydrogen-bond donors (Lipinski definition) is 0. The molecule has 5 nitrogen and oxygen atoms in total. The molecule has 0 N–H and O–H groups in total. The number of nitrogens with zero attached hydrogens (tertiary/aromatic N) is 2. The molecule has 108 valence electrons. The minimum absolute atomic E-state index is 0.157. The summed E-state index contributed by atoms with van der Waals surface area (Å²) in [4.78, 5) is 0. The highest BCUT2D eigenvalue weighted by molar-refractivity contribution is 7.89. The third kappa shape index (κ3) is 3.38. The zero-order valence-corrected chi connectivity index (χ0v) is 12.4. The summed E-state index contributed by atoms with van der Waals surface area (Å²) >= 11 is 0. The summed E-state index contributed by atoms with van der Waals surface area (Å²) in [6.07, 6.45) is 2.90. The Morgan fingerprint density at radius 1 is 1.42 bits per heavy atom. The van der Waals surface area contributed by atoms with Gasteiger partial charge in [-0.2, -0.15) is 4.31 Å². The highest BCUT2D eigenvalue weighted by Gasteiger charge is 2.28. The molecule has 0 radical (unpaired) electrons. The van der Waals surface area contributed by atoms with Gasteiger partial charge in [0.05, 0.1) is 12.3 Å². The second-order valence-corrected chi connectivity index (χ2v) is 7.25. The predicted molar refractivity (Wildman–Crippen MR) is 74.3 cm³/mol. The average molecular weight is 286 g/mol. The van der Waals surface area contributed by atoms with Crippen LogP contribution in [0.15, 0.2) is 18.3 Å². The summed E-state index contributed by atoms with van der Waals surface area (Å²) in [5, 5.41) is 0. The molecule has 0 unspecified atom stereocenters. The van der Waals surface area contributed by atoms with E-state index in [2.05, 4.69) is 4.57 Å². The van der Waals surface area contributed by atoms with Crippen LogP contribution in [0.2, 0.25) is 0 Å². The first-order valence-corrected chi connectivity index (χ1v) is 8.28. The second kappa shape index (κ2) is 6.07. The van der Waals surface area contributed by atoms with Crippen LogP contribution in [0.1, 0.15) is 19.0 Å². The topological polar surface area (TPSA) is 51.5 Å². The molecule has 0 aromatic carbocycles. The van der Waals surface area contributed by atoms with Gasteiger partial charge in [-0.3, -0.25) is 0 Å². The molecule has 1 aliphatic heterocycles. The molecule has 0 fully saturated rings. The minimum Gasteiger partial charge on any atom is -0.385 e. The van der Waals surface area contributed by atoms with Gasteiger partial charge >= 0.3 is 0 Å². The molecule has 1 aromatic rings. The van der Waals surface area contributed by atoms with Gasteiger partial charge in [-0.25, -0.2) is 8.42 Å². The van der Waals surface area contributed by atoms with E-state index in [1.54, 1.807) is 18.3 Å². The van der Waals surface area contributed by atoms with Crippen LogP contribution in [0.3, 0.4) is 0 Å². The van der Waals surface area contributed by atoms with Crippen molar-refractivity contribution in [2.24, 2.45) is 5.92 Å². The number of fused-ring (bicyclic) bond motifs is 1. The number of aromatic nitrogens is 1. The lowest BCUT2D eigenvalue weighted by Gasteiger charge is -2.22. The van der Waals surface area contributed by atoms with Crippen molar-refractivity contribution in [3.05, 3.63) is 24.0 Å². The average Bonchev–Trinajstić information content (AvgIpc) is 2.74. The SMILES string of the molecule is CCS(=O)(=O)N1Cc2cccn2C[C@@H](CCOC)C1. The third-order valence-corrected chi connectivity index (χ3v) is 5.46. The van der Waals surface area contributed by atoms with Crippen LogP contribution < -0.4 is 0 Å². The lowest BCUT2D eigenvalue weighted by Crippen LogP contribution is -2.35. The van der Waals surface area contributed by atoms with Crippen molar-refractivity contribution in [3.8, 4) is 0 Å². The molecule has 0 saturated heterocycles. The highest BCUT2D eigenvalue weighted by Crippen LogP contribution is 2.21. The number of rotatable bonds is 5. The van der Waals surface area contributed by atoms with Gasteiger partial charge in [-0.05, 0) is 31.4 Å². The van der Waals surface area contributed by atoms with Crippen LogP contribution in [0.25, 0.3) is 0 Å². The Kier molecular flexibility index (Phi) is 4.65. The van der Waals surface area contributed by atoms with E-state index in [4.69, 9.17) is 4.74 Å². The fourth-order valence-electron chi connectivity index (χ4n) is 2.50. The Morgan fingerprint density at radius 3 is 2.89 bits per heavy atom. The zero-order chi connectivity index (χ0) is 13.9. The van der Waals surface area contributed by atoms with Crippen molar-refractivity contribution in [3.63, 3.8) is 0 Å². The van der Waals surface area contributed by atoms with Crippen LogP contribution in [-0.4, -0.2) is 43.3 Å². The van der Waals surface area contributed by atoms with Crippen molar-refractivity contribution >= 4 is 10.0 Å². The van der Waals surface area contributed by atoms with Gasteiger partial charge in [0, 0.05) is 38.7 Å². The van der Waals surface area contributed by atoms with Crippen LogP contribution >= 0.6 is 0 Å². The summed E-state index contributed by atoms with van der Waals surface area (Å²) in [7, 11) is -1.47. The number of hydrogen-bond acceptors (Lipinski definition) is 3. The molecule has 2 rings (SSSR count). The first-order chi connectivity index (χ1) is 9.06. The standard InChI is InChI=1S/C13H22N2O3S/c1-3-19(16,17)15-10-12(6-8-18-2)9-14-7-4-5-13(14)11-15/h4-5,7,12H,3,6,8-11H2,1-2H3/t12-/m1/s1. The fraction of sp³-hybridized carbons (Fsp3) is 0.692. The van der Waals surface area contributed by atoms with Gasteiger partial charge < -0.3 is 9.30 Å². The van der Waals surface area contributed by atoms with E-state index >= 15 is 0 Å². The molecule has 2 heterocycles. The predicted octanol–water partition coefficient (Wildman–Crippen LogP) is 1.31. The quantitative estimate of drug-likeness (QED) is 0.820. The van der Waals surface area contributed by atoms with Crippen molar-refractivity contribution in [1.82, 2.24) is 8.87 Å². The molecule has 19 heavy (non-hydrogen) atoms. The molecule has 0 saturated carbocycles. The molecule has 0 amide bonds. The van der Waals surface area contributed by atoms with Gasteiger partial charge in [-0.15, -0.1) is 0 Å². The van der Waals surface area contributed by atoms with Gasteiger partial charge in [-0.1, -0.05) is 0 Å². The van der Waals surface area contributed by atoms with Crippen LogP contribution in [0, 0.1) is 5.92 Å². The van der Waals surface area contributed by atoms with E-state index in [1.165, 1.54) is 0 Å². The molecular formula is C13H22N2O3S. The lowest BCUT2D eigenvalue weighted by atomic mass is 10.1. The smallest absolute Gasteiger partial charge is 0.214 e. The molecule has 6 heteroatoms. The first-order valence-electron chi connectivity index (χ1n) is 6.67. The largest absolute Gasteiger partial charge is 0.385 e. The second-order valence-electron chi connectivity index (χ2n) is 4.99. The monoisotopic (exact) mass is 286 g/mol. The van der Waals surface area contributed by atoms with E-state index in [0.717, 1.165) is 18.7 Å². The highest BCUT2D eigenvalue weighted by atomic mass is 32.2.